The van der Waals surface area contributed by atoms with Gasteiger partial charge in [0.25, 0.3) is 0 Å². The summed E-state index contributed by atoms with van der Waals surface area (Å²) in [5.41, 5.74) is 0.681. The third-order valence-corrected chi connectivity index (χ3v) is 3.93. The van der Waals surface area contributed by atoms with E-state index < -0.39 is 6.61 Å². The van der Waals surface area contributed by atoms with Gasteiger partial charge in [-0.2, -0.15) is 8.78 Å². The van der Waals surface area contributed by atoms with Crippen LogP contribution in [0, 0.1) is 6.92 Å². The molecule has 108 valence electrons. The van der Waals surface area contributed by atoms with Gasteiger partial charge >= 0.3 is 6.61 Å². The molecule has 0 bridgehead atoms. The molecule has 20 heavy (non-hydrogen) atoms. The lowest BCUT2D eigenvalue weighted by Gasteiger charge is -2.11. The molecule has 2 aromatic rings. The highest BCUT2D eigenvalue weighted by Gasteiger charge is 2.10. The fraction of sp³-hybridized carbons (Fsp3) is 0.308. The molecule has 1 aromatic carbocycles. The van der Waals surface area contributed by atoms with Gasteiger partial charge in [-0.25, -0.2) is 4.98 Å². The molecule has 0 aliphatic rings. The SMILES string of the molecule is Cc1ncc(CNCc2cc(Br)ccc2OC(F)F)s1. The number of benzene rings is 1. The minimum atomic E-state index is -2.82. The van der Waals surface area contributed by atoms with Crippen molar-refractivity contribution in [3.63, 3.8) is 0 Å². The summed E-state index contributed by atoms with van der Waals surface area (Å²) >= 11 is 4.93. The first-order chi connectivity index (χ1) is 9.54. The molecular weight excluding hydrogens is 350 g/mol. The van der Waals surface area contributed by atoms with Crippen LogP contribution in [0.5, 0.6) is 5.75 Å². The predicted molar refractivity (Wildman–Crippen MR) is 78.2 cm³/mol. The van der Waals surface area contributed by atoms with Crippen LogP contribution in [0.15, 0.2) is 28.9 Å². The average molecular weight is 363 g/mol. The molecule has 0 spiro atoms. The zero-order valence-electron chi connectivity index (χ0n) is 10.7. The second-order valence-corrected chi connectivity index (χ2v) is 6.31. The molecule has 0 atom stereocenters. The third kappa shape index (κ3) is 4.50. The highest BCUT2D eigenvalue weighted by Crippen LogP contribution is 2.25. The van der Waals surface area contributed by atoms with Crippen LogP contribution in [0.1, 0.15) is 15.4 Å². The summed E-state index contributed by atoms with van der Waals surface area (Å²) in [6.45, 7) is 0.209. The smallest absolute Gasteiger partial charge is 0.387 e. The number of nitrogens with one attached hydrogen (secondary N) is 1. The zero-order chi connectivity index (χ0) is 14.5. The standard InChI is InChI=1S/C13H13BrF2N2OS/c1-8-18-7-11(20-8)6-17-5-9-4-10(14)2-3-12(9)19-13(15)16/h2-4,7,13,17H,5-6H2,1H3. The predicted octanol–water partition coefficient (Wildman–Crippen LogP) is 4.11. The van der Waals surface area contributed by atoms with Crippen LogP contribution >= 0.6 is 27.3 Å². The lowest BCUT2D eigenvalue weighted by Crippen LogP contribution is -2.14. The summed E-state index contributed by atoms with van der Waals surface area (Å²) in [5, 5.41) is 4.20. The summed E-state index contributed by atoms with van der Waals surface area (Å²) in [4.78, 5) is 5.27. The Bertz CT molecular complexity index is 577. The van der Waals surface area contributed by atoms with Crippen LogP contribution in [-0.4, -0.2) is 11.6 Å². The van der Waals surface area contributed by atoms with Crippen LogP contribution in [0.4, 0.5) is 8.78 Å². The minimum absolute atomic E-state index is 0.191. The van der Waals surface area contributed by atoms with Crippen molar-refractivity contribution in [1.82, 2.24) is 10.3 Å². The Morgan fingerprint density at radius 1 is 1.40 bits per heavy atom. The van der Waals surface area contributed by atoms with E-state index in [4.69, 9.17) is 0 Å². The first kappa shape index (κ1) is 15.3. The van der Waals surface area contributed by atoms with Crippen molar-refractivity contribution in [2.45, 2.75) is 26.6 Å². The quantitative estimate of drug-likeness (QED) is 0.839. The molecule has 7 heteroatoms. The Morgan fingerprint density at radius 2 is 2.20 bits per heavy atom. The monoisotopic (exact) mass is 362 g/mol. The molecular formula is C13H13BrF2N2OS. The number of rotatable bonds is 6. The average Bonchev–Trinajstić information content (AvgIpc) is 2.78. The number of nitrogens with zero attached hydrogens (tertiary/aromatic N) is 1. The number of halogens is 3. The Hall–Kier alpha value is -1.05. The van der Waals surface area contributed by atoms with E-state index in [1.54, 1.807) is 23.5 Å². The third-order valence-electron chi connectivity index (χ3n) is 2.52. The molecule has 0 saturated heterocycles. The molecule has 1 aromatic heterocycles. The highest BCUT2D eigenvalue weighted by molar-refractivity contribution is 9.10. The second-order valence-electron chi connectivity index (χ2n) is 4.08. The Labute approximate surface area is 128 Å². The Kier molecular flexibility index (Phi) is 5.45. The van der Waals surface area contributed by atoms with E-state index in [1.165, 1.54) is 6.07 Å². The lowest BCUT2D eigenvalue weighted by molar-refractivity contribution is -0.0505. The molecule has 0 unspecified atom stereocenters. The van der Waals surface area contributed by atoms with Crippen molar-refractivity contribution in [2.24, 2.45) is 0 Å². The molecule has 3 nitrogen and oxygen atoms in total. The number of hydrogen-bond acceptors (Lipinski definition) is 4. The van der Waals surface area contributed by atoms with Crippen molar-refractivity contribution in [1.29, 1.82) is 0 Å². The summed E-state index contributed by atoms with van der Waals surface area (Å²) in [5.74, 6) is 0.191. The Balaban J connectivity index is 1.98. The number of hydrogen-bond donors (Lipinski definition) is 1. The molecule has 0 aliphatic carbocycles. The van der Waals surface area contributed by atoms with E-state index in [-0.39, 0.29) is 5.75 Å². The second kappa shape index (κ2) is 7.10. The maximum atomic E-state index is 12.3. The normalized spacial score (nSPS) is 11.1. The fourth-order valence-corrected chi connectivity index (χ4v) is 2.88. The van der Waals surface area contributed by atoms with Crippen molar-refractivity contribution < 1.29 is 13.5 Å². The molecule has 0 aliphatic heterocycles. The van der Waals surface area contributed by atoms with E-state index >= 15 is 0 Å². The lowest BCUT2D eigenvalue weighted by atomic mass is 10.2. The van der Waals surface area contributed by atoms with Gasteiger partial charge in [-0.1, -0.05) is 15.9 Å². The van der Waals surface area contributed by atoms with Crippen LogP contribution in [0.3, 0.4) is 0 Å². The molecule has 1 N–H and O–H groups in total. The van der Waals surface area contributed by atoms with E-state index in [0.717, 1.165) is 14.4 Å². The van der Waals surface area contributed by atoms with Crippen molar-refractivity contribution in [3.8, 4) is 5.75 Å². The largest absolute Gasteiger partial charge is 0.434 e. The van der Waals surface area contributed by atoms with Crippen molar-refractivity contribution >= 4 is 27.3 Å². The van der Waals surface area contributed by atoms with Gasteiger partial charge in [0.1, 0.15) is 5.75 Å². The van der Waals surface area contributed by atoms with Crippen molar-refractivity contribution in [2.75, 3.05) is 0 Å². The highest BCUT2D eigenvalue weighted by atomic mass is 79.9. The molecule has 0 amide bonds. The summed E-state index contributed by atoms with van der Waals surface area (Å²) < 4.78 is 30.0. The number of aryl methyl sites for hydroxylation is 1. The van der Waals surface area contributed by atoms with Gasteiger partial charge in [-0.15, -0.1) is 11.3 Å². The van der Waals surface area contributed by atoms with Gasteiger partial charge in [-0.3, -0.25) is 0 Å². The Morgan fingerprint density at radius 3 is 2.85 bits per heavy atom. The van der Waals surface area contributed by atoms with Gasteiger partial charge in [0, 0.05) is 34.2 Å². The van der Waals surface area contributed by atoms with Gasteiger partial charge in [0.05, 0.1) is 5.01 Å². The fourth-order valence-electron chi connectivity index (χ4n) is 1.70. The number of aromatic nitrogens is 1. The number of alkyl halides is 2. The van der Waals surface area contributed by atoms with Crippen molar-refractivity contribution in [3.05, 3.63) is 44.3 Å². The van der Waals surface area contributed by atoms with E-state index in [1.807, 2.05) is 13.1 Å². The summed E-state index contributed by atoms with van der Waals surface area (Å²) in [6.07, 6.45) is 1.81. The first-order valence-electron chi connectivity index (χ1n) is 5.90. The van der Waals surface area contributed by atoms with Crippen LogP contribution in [0.2, 0.25) is 0 Å². The summed E-state index contributed by atoms with van der Waals surface area (Å²) in [6, 6.07) is 4.97. The van der Waals surface area contributed by atoms with Gasteiger partial charge in [-0.05, 0) is 25.1 Å². The number of ether oxygens (including phenoxy) is 1. The zero-order valence-corrected chi connectivity index (χ0v) is 13.1. The van der Waals surface area contributed by atoms with Crippen LogP contribution in [0.25, 0.3) is 0 Å². The van der Waals surface area contributed by atoms with Crippen LogP contribution in [-0.2, 0) is 13.1 Å². The van der Waals surface area contributed by atoms with Crippen LogP contribution < -0.4 is 10.1 Å². The molecule has 0 fully saturated rings. The maximum Gasteiger partial charge on any atom is 0.387 e. The van der Waals surface area contributed by atoms with Gasteiger partial charge in [0.2, 0.25) is 0 Å². The molecule has 2 rings (SSSR count). The molecule has 0 radical (unpaired) electrons. The van der Waals surface area contributed by atoms with Gasteiger partial charge < -0.3 is 10.1 Å². The first-order valence-corrected chi connectivity index (χ1v) is 7.51. The van der Waals surface area contributed by atoms with E-state index in [9.17, 15) is 8.78 Å². The maximum absolute atomic E-state index is 12.3. The van der Waals surface area contributed by atoms with Gasteiger partial charge in [0.15, 0.2) is 0 Å². The summed E-state index contributed by atoms with van der Waals surface area (Å²) in [7, 11) is 0. The number of thiazole rings is 1. The van der Waals surface area contributed by atoms with E-state index in [0.29, 0.717) is 18.7 Å². The molecule has 0 saturated carbocycles. The molecule has 1 heterocycles. The minimum Gasteiger partial charge on any atom is -0.434 e. The topological polar surface area (TPSA) is 34.2 Å². The van der Waals surface area contributed by atoms with E-state index in [2.05, 4.69) is 31.0 Å².